The number of benzene rings is 1. The average molecular weight is 285 g/mol. The van der Waals surface area contributed by atoms with Crippen LogP contribution in [-0.4, -0.2) is 56.0 Å². The van der Waals surface area contributed by atoms with E-state index < -0.39 is 9.84 Å². The standard InChI is InChI=1S/C12H15NO5S/c1-18-9-2-3-10(11(14)8-9)12(15)13-4-6-19(16,17)7-5-13/h2-3,8,14H,4-7H2,1H3. The maximum Gasteiger partial charge on any atom is 0.257 e. The molecular formula is C12H15NO5S. The molecule has 2 rings (SSSR count). The molecular weight excluding hydrogens is 270 g/mol. The fourth-order valence-electron chi connectivity index (χ4n) is 1.91. The molecule has 1 heterocycles. The molecule has 1 aromatic carbocycles. The van der Waals surface area contributed by atoms with Crippen molar-refractivity contribution < 1.29 is 23.1 Å². The lowest BCUT2D eigenvalue weighted by atomic mass is 10.1. The third-order valence-electron chi connectivity index (χ3n) is 3.07. The van der Waals surface area contributed by atoms with Crippen LogP contribution in [0.1, 0.15) is 10.4 Å². The number of hydrogen-bond acceptors (Lipinski definition) is 5. The van der Waals surface area contributed by atoms with Gasteiger partial charge in [0.05, 0.1) is 24.2 Å². The molecule has 0 unspecified atom stereocenters. The van der Waals surface area contributed by atoms with E-state index in [1.54, 1.807) is 6.07 Å². The normalized spacial score (nSPS) is 18.1. The Labute approximate surface area is 111 Å². The molecule has 1 N–H and O–H groups in total. The summed E-state index contributed by atoms with van der Waals surface area (Å²) < 4.78 is 27.5. The SMILES string of the molecule is COc1ccc(C(=O)N2CCS(=O)(=O)CC2)c(O)c1. The molecule has 1 aliphatic heterocycles. The van der Waals surface area contributed by atoms with Crippen molar-refractivity contribution in [3.05, 3.63) is 23.8 Å². The number of nitrogens with zero attached hydrogens (tertiary/aromatic N) is 1. The second-order valence-corrected chi connectivity index (χ2v) is 6.63. The number of carbonyl (C=O) groups is 1. The van der Waals surface area contributed by atoms with Gasteiger partial charge in [-0.15, -0.1) is 0 Å². The Hall–Kier alpha value is -1.76. The third kappa shape index (κ3) is 2.98. The van der Waals surface area contributed by atoms with Crippen LogP contribution in [0.3, 0.4) is 0 Å². The third-order valence-corrected chi connectivity index (χ3v) is 4.68. The second kappa shape index (κ2) is 5.08. The van der Waals surface area contributed by atoms with E-state index in [0.717, 1.165) is 0 Å². The van der Waals surface area contributed by atoms with Crippen LogP contribution in [0.5, 0.6) is 11.5 Å². The van der Waals surface area contributed by atoms with Gasteiger partial charge in [-0.25, -0.2) is 8.42 Å². The predicted molar refractivity (Wildman–Crippen MR) is 69.2 cm³/mol. The maximum atomic E-state index is 12.2. The number of hydrogen-bond donors (Lipinski definition) is 1. The Bertz CT molecular complexity index is 582. The molecule has 0 atom stereocenters. The lowest BCUT2D eigenvalue weighted by Gasteiger charge is -2.27. The molecule has 0 saturated carbocycles. The highest BCUT2D eigenvalue weighted by atomic mass is 32.2. The van der Waals surface area contributed by atoms with E-state index in [9.17, 15) is 18.3 Å². The highest BCUT2D eigenvalue weighted by Crippen LogP contribution is 2.25. The van der Waals surface area contributed by atoms with Crippen molar-refractivity contribution in [3.8, 4) is 11.5 Å². The van der Waals surface area contributed by atoms with Gasteiger partial charge in [0.2, 0.25) is 0 Å². The molecule has 1 fully saturated rings. The Balaban J connectivity index is 2.16. The molecule has 7 heteroatoms. The van der Waals surface area contributed by atoms with Gasteiger partial charge >= 0.3 is 0 Å². The maximum absolute atomic E-state index is 12.2. The largest absolute Gasteiger partial charge is 0.507 e. The van der Waals surface area contributed by atoms with Gasteiger partial charge in [0.25, 0.3) is 5.91 Å². The summed E-state index contributed by atoms with van der Waals surface area (Å²) in [7, 11) is -1.56. The van der Waals surface area contributed by atoms with Crippen molar-refractivity contribution in [2.24, 2.45) is 0 Å². The molecule has 0 radical (unpaired) electrons. The van der Waals surface area contributed by atoms with E-state index in [-0.39, 0.29) is 41.8 Å². The number of aromatic hydroxyl groups is 1. The molecule has 0 aliphatic carbocycles. The van der Waals surface area contributed by atoms with E-state index in [1.807, 2.05) is 0 Å². The molecule has 0 aromatic heterocycles. The van der Waals surface area contributed by atoms with Crippen LogP contribution < -0.4 is 4.74 Å². The highest BCUT2D eigenvalue weighted by molar-refractivity contribution is 7.91. The van der Waals surface area contributed by atoms with E-state index in [1.165, 1.54) is 24.1 Å². The lowest BCUT2D eigenvalue weighted by Crippen LogP contribution is -2.43. The molecule has 1 aliphatic rings. The van der Waals surface area contributed by atoms with Gasteiger partial charge in [-0.1, -0.05) is 0 Å². The lowest BCUT2D eigenvalue weighted by molar-refractivity contribution is 0.0767. The minimum absolute atomic E-state index is 0.0321. The Kier molecular flexibility index (Phi) is 3.66. The average Bonchev–Trinajstić information content (AvgIpc) is 2.37. The number of amides is 1. The fourth-order valence-corrected chi connectivity index (χ4v) is 3.11. The van der Waals surface area contributed by atoms with Crippen LogP contribution in [-0.2, 0) is 9.84 Å². The van der Waals surface area contributed by atoms with Gasteiger partial charge in [-0.05, 0) is 12.1 Å². The van der Waals surface area contributed by atoms with Gasteiger partial charge in [-0.2, -0.15) is 0 Å². The molecule has 0 spiro atoms. The zero-order valence-corrected chi connectivity index (χ0v) is 11.3. The molecule has 19 heavy (non-hydrogen) atoms. The van der Waals surface area contributed by atoms with Crippen LogP contribution in [0.2, 0.25) is 0 Å². The number of ether oxygens (including phenoxy) is 1. The summed E-state index contributed by atoms with van der Waals surface area (Å²) >= 11 is 0. The molecule has 1 saturated heterocycles. The predicted octanol–water partition coefficient (Wildman–Crippen LogP) is 0.271. The van der Waals surface area contributed by atoms with E-state index in [0.29, 0.717) is 5.75 Å². The van der Waals surface area contributed by atoms with Gasteiger partial charge in [-0.3, -0.25) is 4.79 Å². The monoisotopic (exact) mass is 285 g/mol. The summed E-state index contributed by atoms with van der Waals surface area (Å²) in [5.41, 5.74) is 0.153. The van der Waals surface area contributed by atoms with Gasteiger partial charge in [0.1, 0.15) is 11.5 Å². The first-order valence-corrected chi connectivity index (χ1v) is 7.62. The number of phenolic OH excluding ortho intramolecular Hbond substituents is 1. The fraction of sp³-hybridized carbons (Fsp3) is 0.417. The van der Waals surface area contributed by atoms with E-state index >= 15 is 0 Å². The Morgan fingerprint density at radius 2 is 1.95 bits per heavy atom. The van der Waals surface area contributed by atoms with Crippen molar-refractivity contribution >= 4 is 15.7 Å². The van der Waals surface area contributed by atoms with E-state index in [2.05, 4.69) is 0 Å². The van der Waals surface area contributed by atoms with Crippen molar-refractivity contribution in [2.45, 2.75) is 0 Å². The topological polar surface area (TPSA) is 83.9 Å². The van der Waals surface area contributed by atoms with Crippen molar-refractivity contribution in [1.82, 2.24) is 4.90 Å². The van der Waals surface area contributed by atoms with Crippen molar-refractivity contribution in [2.75, 3.05) is 31.7 Å². The van der Waals surface area contributed by atoms with Crippen LogP contribution in [0.15, 0.2) is 18.2 Å². The molecule has 104 valence electrons. The molecule has 6 nitrogen and oxygen atoms in total. The first-order valence-electron chi connectivity index (χ1n) is 5.79. The van der Waals surface area contributed by atoms with Gasteiger partial charge < -0.3 is 14.7 Å². The summed E-state index contributed by atoms with van der Waals surface area (Å²) in [4.78, 5) is 13.6. The molecule has 1 aromatic rings. The van der Waals surface area contributed by atoms with Gasteiger partial charge in [0, 0.05) is 19.2 Å². The minimum atomic E-state index is -3.03. The van der Waals surface area contributed by atoms with Crippen molar-refractivity contribution in [1.29, 1.82) is 0 Å². The first-order chi connectivity index (χ1) is 8.93. The minimum Gasteiger partial charge on any atom is -0.507 e. The summed E-state index contributed by atoms with van der Waals surface area (Å²) in [5.74, 6) is -0.145. The van der Waals surface area contributed by atoms with E-state index in [4.69, 9.17) is 4.74 Å². The Morgan fingerprint density at radius 1 is 1.32 bits per heavy atom. The summed E-state index contributed by atoms with van der Waals surface area (Å²) in [5, 5.41) is 9.78. The zero-order valence-electron chi connectivity index (χ0n) is 10.5. The Morgan fingerprint density at radius 3 is 2.47 bits per heavy atom. The van der Waals surface area contributed by atoms with Crippen LogP contribution in [0.25, 0.3) is 0 Å². The summed E-state index contributed by atoms with van der Waals surface area (Å²) in [6.07, 6.45) is 0. The zero-order chi connectivity index (χ0) is 14.0. The highest BCUT2D eigenvalue weighted by Gasteiger charge is 2.27. The number of rotatable bonds is 2. The second-order valence-electron chi connectivity index (χ2n) is 4.33. The van der Waals surface area contributed by atoms with Crippen LogP contribution in [0, 0.1) is 0 Å². The van der Waals surface area contributed by atoms with Crippen LogP contribution >= 0.6 is 0 Å². The summed E-state index contributed by atoms with van der Waals surface area (Å²) in [6.45, 7) is 0.319. The number of carbonyl (C=O) groups excluding carboxylic acids is 1. The van der Waals surface area contributed by atoms with Crippen LogP contribution in [0.4, 0.5) is 0 Å². The number of phenols is 1. The van der Waals surface area contributed by atoms with Crippen molar-refractivity contribution in [3.63, 3.8) is 0 Å². The van der Waals surface area contributed by atoms with Gasteiger partial charge in [0.15, 0.2) is 9.84 Å². The number of sulfone groups is 1. The number of methoxy groups -OCH3 is 1. The quantitative estimate of drug-likeness (QED) is 0.843. The molecule has 1 amide bonds. The summed E-state index contributed by atoms with van der Waals surface area (Å²) in [6, 6.07) is 4.40. The molecule has 0 bridgehead atoms. The smallest absolute Gasteiger partial charge is 0.257 e. The first kappa shape index (κ1) is 13.7.